The Bertz CT molecular complexity index is 674. The number of halogens is 1. The van der Waals surface area contributed by atoms with Crippen LogP contribution in [0.2, 0.25) is 5.02 Å². The highest BCUT2D eigenvalue weighted by Crippen LogP contribution is 2.17. The van der Waals surface area contributed by atoms with Crippen molar-refractivity contribution in [3.8, 4) is 6.07 Å². The van der Waals surface area contributed by atoms with Gasteiger partial charge in [-0.05, 0) is 36.2 Å². The molecule has 3 nitrogen and oxygen atoms in total. The van der Waals surface area contributed by atoms with Gasteiger partial charge in [-0.3, -0.25) is 4.79 Å². The normalized spacial score (nSPS) is 11.5. The minimum Gasteiger partial charge on any atom is -0.349 e. The lowest BCUT2D eigenvalue weighted by Crippen LogP contribution is -2.28. The molecule has 0 heterocycles. The maximum atomic E-state index is 12.0. The van der Waals surface area contributed by atoms with Crippen LogP contribution < -0.4 is 5.32 Å². The lowest BCUT2D eigenvalue weighted by Gasteiger charge is -2.14. The first-order valence-corrected chi connectivity index (χ1v) is 7.01. The number of nitrogens with one attached hydrogen (secondary N) is 1. The predicted octanol–water partition coefficient (Wildman–Crippen LogP) is 3.63. The standard InChI is InChI=1S/C17H15ClN2O/c1-12(14-8-6-13(11-19)7-9-14)20-17(21)10-15-4-2-3-5-16(15)18/h2-9,12H,10H2,1H3,(H,20,21). The summed E-state index contributed by atoms with van der Waals surface area (Å²) in [4.78, 5) is 12.0. The average Bonchev–Trinajstić information content (AvgIpc) is 2.49. The van der Waals surface area contributed by atoms with Crippen molar-refractivity contribution in [3.05, 3.63) is 70.2 Å². The summed E-state index contributed by atoms with van der Waals surface area (Å²) in [6.07, 6.45) is 0.250. The van der Waals surface area contributed by atoms with Crippen LogP contribution in [0.5, 0.6) is 0 Å². The molecule has 2 rings (SSSR count). The second-order valence-corrected chi connectivity index (χ2v) is 5.20. The van der Waals surface area contributed by atoms with Crippen molar-refractivity contribution >= 4 is 17.5 Å². The molecule has 0 fully saturated rings. The van der Waals surface area contributed by atoms with Crippen molar-refractivity contribution in [2.75, 3.05) is 0 Å². The third kappa shape index (κ3) is 4.08. The molecule has 2 aromatic carbocycles. The van der Waals surface area contributed by atoms with E-state index >= 15 is 0 Å². The van der Waals surface area contributed by atoms with Crippen LogP contribution in [-0.4, -0.2) is 5.91 Å². The molecule has 1 amide bonds. The molecule has 0 saturated carbocycles. The first-order chi connectivity index (χ1) is 10.1. The van der Waals surface area contributed by atoms with Crippen LogP contribution >= 0.6 is 11.6 Å². The number of hydrogen-bond acceptors (Lipinski definition) is 2. The number of amides is 1. The van der Waals surface area contributed by atoms with E-state index in [1.165, 1.54) is 0 Å². The molecule has 0 bridgehead atoms. The number of hydrogen-bond donors (Lipinski definition) is 1. The van der Waals surface area contributed by atoms with Crippen molar-refractivity contribution in [1.82, 2.24) is 5.32 Å². The Kier molecular flexibility index (Phi) is 4.97. The molecule has 1 unspecified atom stereocenters. The third-order valence-electron chi connectivity index (χ3n) is 3.23. The number of carbonyl (C=O) groups is 1. The van der Waals surface area contributed by atoms with Crippen LogP contribution in [0.15, 0.2) is 48.5 Å². The van der Waals surface area contributed by atoms with Gasteiger partial charge in [0.2, 0.25) is 5.91 Å². The summed E-state index contributed by atoms with van der Waals surface area (Å²) in [7, 11) is 0. The van der Waals surface area contributed by atoms with Gasteiger partial charge in [0.15, 0.2) is 0 Å². The van der Waals surface area contributed by atoms with E-state index in [0.717, 1.165) is 11.1 Å². The van der Waals surface area contributed by atoms with Gasteiger partial charge >= 0.3 is 0 Å². The van der Waals surface area contributed by atoms with Crippen molar-refractivity contribution in [1.29, 1.82) is 5.26 Å². The van der Waals surface area contributed by atoms with E-state index < -0.39 is 0 Å². The fourth-order valence-electron chi connectivity index (χ4n) is 2.04. The van der Waals surface area contributed by atoms with Gasteiger partial charge in [-0.25, -0.2) is 0 Å². The van der Waals surface area contributed by atoms with Crippen molar-refractivity contribution in [2.45, 2.75) is 19.4 Å². The highest BCUT2D eigenvalue weighted by atomic mass is 35.5. The number of nitriles is 1. The Morgan fingerprint density at radius 3 is 2.52 bits per heavy atom. The summed E-state index contributed by atoms with van der Waals surface area (Å²) in [5, 5.41) is 12.3. The first kappa shape index (κ1) is 15.1. The lowest BCUT2D eigenvalue weighted by molar-refractivity contribution is -0.121. The topological polar surface area (TPSA) is 52.9 Å². The van der Waals surface area contributed by atoms with Crippen LogP contribution in [0.4, 0.5) is 0 Å². The molecule has 0 aliphatic heterocycles. The predicted molar refractivity (Wildman–Crippen MR) is 82.9 cm³/mol. The van der Waals surface area contributed by atoms with Crippen LogP contribution in [-0.2, 0) is 11.2 Å². The molecule has 0 spiro atoms. The molecule has 2 aromatic rings. The van der Waals surface area contributed by atoms with Gasteiger partial charge in [0.25, 0.3) is 0 Å². The fourth-order valence-corrected chi connectivity index (χ4v) is 2.24. The van der Waals surface area contributed by atoms with Gasteiger partial charge < -0.3 is 5.32 Å². The van der Waals surface area contributed by atoms with Gasteiger partial charge in [-0.15, -0.1) is 0 Å². The average molecular weight is 299 g/mol. The van der Waals surface area contributed by atoms with E-state index in [2.05, 4.69) is 11.4 Å². The van der Waals surface area contributed by atoms with Gasteiger partial charge in [-0.1, -0.05) is 41.9 Å². The van der Waals surface area contributed by atoms with Gasteiger partial charge in [0.05, 0.1) is 24.1 Å². The minimum absolute atomic E-state index is 0.0834. The van der Waals surface area contributed by atoms with E-state index in [1.54, 1.807) is 18.2 Å². The van der Waals surface area contributed by atoms with Crippen LogP contribution in [0.3, 0.4) is 0 Å². The summed E-state index contributed by atoms with van der Waals surface area (Å²) in [6, 6.07) is 16.4. The molecule has 0 saturated heterocycles. The van der Waals surface area contributed by atoms with E-state index in [4.69, 9.17) is 16.9 Å². The Morgan fingerprint density at radius 1 is 1.24 bits per heavy atom. The summed E-state index contributed by atoms with van der Waals surface area (Å²) in [6.45, 7) is 1.91. The van der Waals surface area contributed by atoms with E-state index in [0.29, 0.717) is 10.6 Å². The van der Waals surface area contributed by atoms with Crippen LogP contribution in [0.1, 0.15) is 29.7 Å². The summed E-state index contributed by atoms with van der Waals surface area (Å²) >= 11 is 6.04. The monoisotopic (exact) mass is 298 g/mol. The summed E-state index contributed by atoms with van der Waals surface area (Å²) in [5.74, 6) is -0.0834. The lowest BCUT2D eigenvalue weighted by atomic mass is 10.1. The number of carbonyl (C=O) groups excluding carboxylic acids is 1. The van der Waals surface area contributed by atoms with Crippen LogP contribution in [0.25, 0.3) is 0 Å². The fraction of sp³-hybridized carbons (Fsp3) is 0.176. The zero-order chi connectivity index (χ0) is 15.2. The number of rotatable bonds is 4. The molecule has 1 N–H and O–H groups in total. The largest absolute Gasteiger partial charge is 0.349 e. The van der Waals surface area contributed by atoms with E-state index in [9.17, 15) is 4.79 Å². The smallest absolute Gasteiger partial charge is 0.224 e. The van der Waals surface area contributed by atoms with Crippen LogP contribution in [0, 0.1) is 11.3 Å². The Morgan fingerprint density at radius 2 is 1.90 bits per heavy atom. The maximum Gasteiger partial charge on any atom is 0.224 e. The maximum absolute atomic E-state index is 12.0. The van der Waals surface area contributed by atoms with Gasteiger partial charge in [0.1, 0.15) is 0 Å². The highest BCUT2D eigenvalue weighted by Gasteiger charge is 2.11. The molecule has 0 aromatic heterocycles. The molecule has 0 radical (unpaired) electrons. The SMILES string of the molecule is CC(NC(=O)Cc1ccccc1Cl)c1ccc(C#N)cc1. The zero-order valence-corrected chi connectivity index (χ0v) is 12.4. The molecule has 106 valence electrons. The Hall–Kier alpha value is -2.31. The first-order valence-electron chi connectivity index (χ1n) is 6.63. The van der Waals surface area contributed by atoms with Crippen molar-refractivity contribution in [2.24, 2.45) is 0 Å². The third-order valence-corrected chi connectivity index (χ3v) is 3.59. The Labute approximate surface area is 129 Å². The second-order valence-electron chi connectivity index (χ2n) is 4.79. The van der Waals surface area contributed by atoms with Crippen molar-refractivity contribution in [3.63, 3.8) is 0 Å². The summed E-state index contributed by atoms with van der Waals surface area (Å²) < 4.78 is 0. The second kappa shape index (κ2) is 6.92. The zero-order valence-electron chi connectivity index (χ0n) is 11.6. The van der Waals surface area contributed by atoms with Crippen molar-refractivity contribution < 1.29 is 4.79 Å². The molecule has 4 heteroatoms. The van der Waals surface area contributed by atoms with Gasteiger partial charge in [0, 0.05) is 5.02 Å². The molecule has 0 aliphatic carbocycles. The van der Waals surface area contributed by atoms with Gasteiger partial charge in [-0.2, -0.15) is 5.26 Å². The Balaban J connectivity index is 1.99. The molecular weight excluding hydrogens is 284 g/mol. The molecule has 21 heavy (non-hydrogen) atoms. The van der Waals surface area contributed by atoms with E-state index in [1.807, 2.05) is 37.3 Å². The minimum atomic E-state index is -0.118. The molecule has 1 atom stereocenters. The quantitative estimate of drug-likeness (QED) is 0.937. The highest BCUT2D eigenvalue weighted by molar-refractivity contribution is 6.31. The molecular formula is C17H15ClN2O. The number of benzene rings is 2. The van der Waals surface area contributed by atoms with E-state index in [-0.39, 0.29) is 18.4 Å². The molecule has 0 aliphatic rings. The summed E-state index contributed by atoms with van der Waals surface area (Å²) in [5.41, 5.74) is 2.37. The number of nitrogens with zero attached hydrogens (tertiary/aromatic N) is 1.